The minimum atomic E-state index is -0.477. The molecular formula is C24H23N3O3. The molecule has 0 spiro atoms. The molecule has 6 heteroatoms. The molecule has 6 nitrogen and oxygen atoms in total. The van der Waals surface area contributed by atoms with Crippen molar-refractivity contribution in [1.29, 1.82) is 0 Å². The highest BCUT2D eigenvalue weighted by atomic mass is 16.5. The fourth-order valence-corrected chi connectivity index (χ4v) is 3.26. The normalized spacial score (nSPS) is 13.9. The first-order valence-electron chi connectivity index (χ1n) is 9.98. The maximum atomic E-state index is 12.8. The lowest BCUT2D eigenvalue weighted by atomic mass is 10.0. The molecule has 0 radical (unpaired) electrons. The molecule has 1 aromatic carbocycles. The van der Waals surface area contributed by atoms with Gasteiger partial charge in [0.1, 0.15) is 12.4 Å². The van der Waals surface area contributed by atoms with E-state index in [0.717, 1.165) is 11.1 Å². The van der Waals surface area contributed by atoms with Crippen LogP contribution in [0.5, 0.6) is 5.75 Å². The molecule has 0 amide bonds. The number of ether oxygens (including phenoxy) is 1. The monoisotopic (exact) mass is 401 g/mol. The molecule has 3 aromatic rings. The quantitative estimate of drug-likeness (QED) is 0.643. The highest BCUT2D eigenvalue weighted by molar-refractivity contribution is 5.38. The SMILES string of the molecule is Cc1cc(OCc2ncccn2)cc(=O)n1C(CO)c1ccc(C#CC2CC2)cc1. The lowest BCUT2D eigenvalue weighted by Crippen LogP contribution is -2.29. The second-order valence-electron chi connectivity index (χ2n) is 7.36. The molecule has 1 unspecified atom stereocenters. The number of hydrogen-bond acceptors (Lipinski definition) is 5. The van der Waals surface area contributed by atoms with Crippen LogP contribution in [-0.2, 0) is 6.61 Å². The van der Waals surface area contributed by atoms with E-state index in [9.17, 15) is 9.90 Å². The van der Waals surface area contributed by atoms with Crippen molar-refractivity contribution in [2.45, 2.75) is 32.4 Å². The van der Waals surface area contributed by atoms with Crippen molar-refractivity contribution in [3.63, 3.8) is 0 Å². The van der Waals surface area contributed by atoms with Crippen molar-refractivity contribution >= 4 is 0 Å². The minimum absolute atomic E-state index is 0.177. The van der Waals surface area contributed by atoms with Crippen LogP contribution in [0.1, 0.15) is 41.5 Å². The smallest absolute Gasteiger partial charge is 0.255 e. The van der Waals surface area contributed by atoms with Crippen LogP contribution < -0.4 is 10.3 Å². The summed E-state index contributed by atoms with van der Waals surface area (Å²) < 4.78 is 7.26. The molecule has 1 fully saturated rings. The van der Waals surface area contributed by atoms with E-state index in [4.69, 9.17) is 4.74 Å². The molecule has 30 heavy (non-hydrogen) atoms. The highest BCUT2D eigenvalue weighted by Gasteiger charge is 2.18. The summed E-state index contributed by atoms with van der Waals surface area (Å²) >= 11 is 0. The lowest BCUT2D eigenvalue weighted by Gasteiger charge is -2.21. The van der Waals surface area contributed by atoms with E-state index in [1.54, 1.807) is 29.1 Å². The van der Waals surface area contributed by atoms with E-state index < -0.39 is 6.04 Å². The third-order valence-corrected chi connectivity index (χ3v) is 5.00. The minimum Gasteiger partial charge on any atom is -0.485 e. The van der Waals surface area contributed by atoms with Crippen LogP contribution in [0.2, 0.25) is 0 Å². The Morgan fingerprint density at radius 3 is 2.57 bits per heavy atom. The molecule has 2 aromatic heterocycles. The Morgan fingerprint density at radius 2 is 1.93 bits per heavy atom. The summed E-state index contributed by atoms with van der Waals surface area (Å²) in [6.07, 6.45) is 5.67. The Hall–Kier alpha value is -3.43. The summed E-state index contributed by atoms with van der Waals surface area (Å²) in [6, 6.07) is 12.2. The number of hydrogen-bond donors (Lipinski definition) is 1. The largest absolute Gasteiger partial charge is 0.485 e. The van der Waals surface area contributed by atoms with Gasteiger partial charge < -0.3 is 14.4 Å². The van der Waals surface area contributed by atoms with Gasteiger partial charge in [-0.2, -0.15) is 0 Å². The molecule has 1 aliphatic rings. The zero-order chi connectivity index (χ0) is 20.9. The van der Waals surface area contributed by atoms with Crippen LogP contribution in [0.25, 0.3) is 0 Å². The molecule has 1 N–H and O–H groups in total. The van der Waals surface area contributed by atoms with Gasteiger partial charge in [0.2, 0.25) is 0 Å². The predicted octanol–water partition coefficient (Wildman–Crippen LogP) is 2.87. The summed E-state index contributed by atoms with van der Waals surface area (Å²) in [4.78, 5) is 21.0. The van der Waals surface area contributed by atoms with Gasteiger partial charge in [0.25, 0.3) is 5.56 Å². The van der Waals surface area contributed by atoms with Gasteiger partial charge in [0, 0.05) is 35.6 Å². The second-order valence-corrected chi connectivity index (χ2v) is 7.36. The topological polar surface area (TPSA) is 77.2 Å². The fourth-order valence-electron chi connectivity index (χ4n) is 3.26. The van der Waals surface area contributed by atoms with Crippen LogP contribution in [-0.4, -0.2) is 26.2 Å². The third-order valence-electron chi connectivity index (χ3n) is 5.00. The van der Waals surface area contributed by atoms with Crippen molar-refractivity contribution in [3.05, 3.63) is 87.9 Å². The van der Waals surface area contributed by atoms with Crippen LogP contribution in [0.3, 0.4) is 0 Å². The van der Waals surface area contributed by atoms with Gasteiger partial charge >= 0.3 is 0 Å². The summed E-state index contributed by atoms with van der Waals surface area (Å²) in [5, 5.41) is 10.0. The number of aliphatic hydroxyl groups excluding tert-OH is 1. The summed E-state index contributed by atoms with van der Waals surface area (Å²) in [5.74, 6) is 7.95. The van der Waals surface area contributed by atoms with Crippen LogP contribution >= 0.6 is 0 Å². The van der Waals surface area contributed by atoms with Crippen molar-refractivity contribution < 1.29 is 9.84 Å². The van der Waals surface area contributed by atoms with Gasteiger partial charge in [-0.15, -0.1) is 0 Å². The number of nitrogens with zero attached hydrogens (tertiary/aromatic N) is 3. The number of aliphatic hydroxyl groups is 1. The van der Waals surface area contributed by atoms with E-state index in [-0.39, 0.29) is 18.8 Å². The number of benzene rings is 1. The van der Waals surface area contributed by atoms with Gasteiger partial charge in [0.05, 0.1) is 12.6 Å². The summed E-state index contributed by atoms with van der Waals surface area (Å²) in [7, 11) is 0. The van der Waals surface area contributed by atoms with Gasteiger partial charge in [-0.1, -0.05) is 24.0 Å². The van der Waals surface area contributed by atoms with Gasteiger partial charge in [-0.05, 0) is 49.6 Å². The third kappa shape index (κ3) is 4.76. The molecule has 4 rings (SSSR count). The maximum absolute atomic E-state index is 12.8. The number of pyridine rings is 1. The van der Waals surface area contributed by atoms with Crippen molar-refractivity contribution in [2.24, 2.45) is 5.92 Å². The first-order valence-corrected chi connectivity index (χ1v) is 9.98. The van der Waals surface area contributed by atoms with Gasteiger partial charge in [-0.3, -0.25) is 4.79 Å². The van der Waals surface area contributed by atoms with E-state index in [2.05, 4.69) is 21.8 Å². The van der Waals surface area contributed by atoms with E-state index in [1.807, 2.05) is 31.2 Å². The Bertz CT molecular complexity index is 1120. The first kappa shape index (κ1) is 19.9. The average Bonchev–Trinajstić information content (AvgIpc) is 3.59. The molecule has 152 valence electrons. The van der Waals surface area contributed by atoms with E-state index in [1.165, 1.54) is 18.9 Å². The van der Waals surface area contributed by atoms with Gasteiger partial charge in [0.15, 0.2) is 5.82 Å². The average molecular weight is 401 g/mol. The van der Waals surface area contributed by atoms with Crippen molar-refractivity contribution in [2.75, 3.05) is 6.61 Å². The second kappa shape index (κ2) is 8.93. The molecule has 0 bridgehead atoms. The Labute approximate surface area is 175 Å². The lowest BCUT2D eigenvalue weighted by molar-refractivity contribution is 0.244. The molecule has 2 heterocycles. The van der Waals surface area contributed by atoms with Crippen molar-refractivity contribution in [3.8, 4) is 17.6 Å². The first-order chi connectivity index (χ1) is 14.6. The standard InChI is InChI=1S/C24H23N3O3/c1-17-13-21(30-16-23-25-11-2-12-26-23)14-24(29)27(17)22(15-28)20-9-7-19(8-10-20)6-5-18-3-4-18/h2,7-14,18,22,28H,3-4,15-16H2,1H3. The van der Waals surface area contributed by atoms with E-state index in [0.29, 0.717) is 23.2 Å². The Balaban J connectivity index is 1.54. The molecule has 1 atom stereocenters. The van der Waals surface area contributed by atoms with Crippen molar-refractivity contribution in [1.82, 2.24) is 14.5 Å². The zero-order valence-electron chi connectivity index (χ0n) is 16.8. The summed E-state index contributed by atoms with van der Waals surface area (Å²) in [5.41, 5.74) is 2.25. The van der Waals surface area contributed by atoms with Crippen LogP contribution in [0, 0.1) is 24.7 Å². The van der Waals surface area contributed by atoms with Crippen LogP contribution in [0.15, 0.2) is 59.7 Å². The van der Waals surface area contributed by atoms with Gasteiger partial charge in [-0.25, -0.2) is 9.97 Å². The highest BCUT2D eigenvalue weighted by Crippen LogP contribution is 2.27. The molecule has 0 aliphatic heterocycles. The number of rotatable bonds is 6. The molecular weight excluding hydrogens is 378 g/mol. The zero-order valence-corrected chi connectivity index (χ0v) is 16.8. The van der Waals surface area contributed by atoms with E-state index >= 15 is 0 Å². The van der Waals surface area contributed by atoms with Crippen LogP contribution in [0.4, 0.5) is 0 Å². The maximum Gasteiger partial charge on any atom is 0.255 e. The fraction of sp³-hybridized carbons (Fsp3) is 0.292. The number of aryl methyl sites for hydroxylation is 1. The molecule has 1 saturated carbocycles. The molecule has 0 saturated heterocycles. The molecule has 1 aliphatic carbocycles. The predicted molar refractivity (Wildman–Crippen MR) is 113 cm³/mol. The summed E-state index contributed by atoms with van der Waals surface area (Å²) in [6.45, 7) is 1.81. The number of aromatic nitrogens is 3. The Morgan fingerprint density at radius 1 is 1.20 bits per heavy atom. The Kier molecular flexibility index (Phi) is 5.92.